The molecule has 0 aromatic heterocycles. The fraction of sp³-hybridized carbons (Fsp3) is 0.579. The van der Waals surface area contributed by atoms with Crippen LogP contribution in [0.15, 0.2) is 36.4 Å². The highest BCUT2D eigenvalue weighted by molar-refractivity contribution is 6.01. The first-order chi connectivity index (χ1) is 22.8. The standard InChI is InChI=1S/C38H47N3O6/c1-25-8-9-28-24-47-38(31(28)23-25)16-20-41(21-17-38)37(45)32-6-3-18-40(32)19-4-22-46-33-7-2-5-30-29(33)14-12-26(35(30)43)10-11-27-13-15-34(42)39-36(27)44/h2,5,7-9,23,26-27,32H,3-4,6,10-22,24H2,1H3,(H,39,42,44). The van der Waals surface area contributed by atoms with E-state index in [9.17, 15) is 19.2 Å². The minimum Gasteiger partial charge on any atom is -0.493 e. The Hall–Kier alpha value is -3.56. The van der Waals surface area contributed by atoms with Gasteiger partial charge in [0.2, 0.25) is 17.7 Å². The summed E-state index contributed by atoms with van der Waals surface area (Å²) < 4.78 is 12.6. The molecule has 3 saturated heterocycles. The lowest BCUT2D eigenvalue weighted by molar-refractivity contribution is -0.143. The highest BCUT2D eigenvalue weighted by Crippen LogP contribution is 2.45. The molecule has 1 N–H and O–H groups in total. The summed E-state index contributed by atoms with van der Waals surface area (Å²) in [4.78, 5) is 55.1. The maximum absolute atomic E-state index is 13.7. The van der Waals surface area contributed by atoms with Crippen molar-refractivity contribution in [3.63, 3.8) is 0 Å². The van der Waals surface area contributed by atoms with Crippen molar-refractivity contribution in [3.05, 3.63) is 64.2 Å². The van der Waals surface area contributed by atoms with E-state index in [4.69, 9.17) is 9.47 Å². The van der Waals surface area contributed by atoms with Crippen molar-refractivity contribution in [1.29, 1.82) is 0 Å². The number of benzene rings is 2. The molecule has 3 unspecified atom stereocenters. The number of rotatable bonds is 9. The summed E-state index contributed by atoms with van der Waals surface area (Å²) in [6.45, 7) is 6.52. The Labute approximate surface area is 277 Å². The van der Waals surface area contributed by atoms with Crippen LogP contribution in [-0.2, 0) is 37.7 Å². The number of piperidine rings is 2. The van der Waals surface area contributed by atoms with Gasteiger partial charge < -0.3 is 14.4 Å². The minimum absolute atomic E-state index is 0.0673. The molecule has 5 aliphatic rings. The third kappa shape index (κ3) is 6.49. The maximum atomic E-state index is 13.7. The maximum Gasteiger partial charge on any atom is 0.239 e. The zero-order valence-corrected chi connectivity index (χ0v) is 27.6. The summed E-state index contributed by atoms with van der Waals surface area (Å²) >= 11 is 0. The van der Waals surface area contributed by atoms with Gasteiger partial charge in [0, 0.05) is 49.0 Å². The summed E-state index contributed by atoms with van der Waals surface area (Å²) in [5.74, 6) is 0.454. The van der Waals surface area contributed by atoms with Crippen LogP contribution in [0.25, 0.3) is 0 Å². The Bertz CT molecular complexity index is 1550. The number of fused-ring (bicyclic) bond motifs is 3. The van der Waals surface area contributed by atoms with Crippen LogP contribution in [0.1, 0.15) is 96.8 Å². The molecule has 47 heavy (non-hydrogen) atoms. The zero-order valence-electron chi connectivity index (χ0n) is 27.6. The molecule has 9 nitrogen and oxygen atoms in total. The Morgan fingerprint density at radius 3 is 2.64 bits per heavy atom. The van der Waals surface area contributed by atoms with E-state index >= 15 is 0 Å². The number of carbonyl (C=O) groups excluding carboxylic acids is 4. The number of carbonyl (C=O) groups is 4. The molecule has 1 aliphatic carbocycles. The summed E-state index contributed by atoms with van der Waals surface area (Å²) in [6.07, 6.45) is 8.17. The highest BCUT2D eigenvalue weighted by atomic mass is 16.5. The Morgan fingerprint density at radius 2 is 1.81 bits per heavy atom. The van der Waals surface area contributed by atoms with Gasteiger partial charge in [-0.15, -0.1) is 0 Å². The molecule has 9 heteroatoms. The molecule has 3 fully saturated rings. The van der Waals surface area contributed by atoms with Crippen LogP contribution in [0, 0.1) is 18.8 Å². The van der Waals surface area contributed by atoms with Gasteiger partial charge >= 0.3 is 0 Å². The largest absolute Gasteiger partial charge is 0.493 e. The predicted molar refractivity (Wildman–Crippen MR) is 176 cm³/mol. The second-order valence-electron chi connectivity index (χ2n) is 14.3. The van der Waals surface area contributed by atoms with Crippen molar-refractivity contribution in [2.24, 2.45) is 11.8 Å². The lowest BCUT2D eigenvalue weighted by Crippen LogP contribution is -2.51. The molecular weight excluding hydrogens is 594 g/mol. The van der Waals surface area contributed by atoms with E-state index in [-0.39, 0.29) is 47.0 Å². The predicted octanol–water partition coefficient (Wildman–Crippen LogP) is 4.85. The van der Waals surface area contributed by atoms with Crippen LogP contribution in [0.4, 0.5) is 0 Å². The second kappa shape index (κ2) is 13.5. The highest BCUT2D eigenvalue weighted by Gasteiger charge is 2.45. The quantitative estimate of drug-likeness (QED) is 0.308. The number of nitrogens with one attached hydrogen (secondary N) is 1. The molecule has 0 saturated carbocycles. The topological polar surface area (TPSA) is 105 Å². The Balaban J connectivity index is 0.882. The SMILES string of the molecule is Cc1ccc2c(c1)C1(CCN(C(=O)C3CCCN3CCCOc3cccc4c3CCC(CCC3CCC(=O)NC3=O)C4=O)CC1)OC2. The fourth-order valence-electron chi connectivity index (χ4n) is 8.62. The summed E-state index contributed by atoms with van der Waals surface area (Å²) in [7, 11) is 0. The van der Waals surface area contributed by atoms with Crippen LogP contribution in [0.5, 0.6) is 5.75 Å². The second-order valence-corrected chi connectivity index (χ2v) is 14.3. The fourth-order valence-corrected chi connectivity index (χ4v) is 8.62. The number of nitrogens with zero attached hydrogens (tertiary/aromatic N) is 2. The van der Waals surface area contributed by atoms with Crippen molar-refractivity contribution in [1.82, 2.24) is 15.1 Å². The lowest BCUT2D eigenvalue weighted by atomic mass is 9.78. The van der Waals surface area contributed by atoms with Gasteiger partial charge in [-0.3, -0.25) is 29.4 Å². The first-order valence-corrected chi connectivity index (χ1v) is 17.7. The summed E-state index contributed by atoms with van der Waals surface area (Å²) in [5, 5.41) is 2.42. The average molecular weight is 642 g/mol. The summed E-state index contributed by atoms with van der Waals surface area (Å²) in [5.41, 5.74) is 5.33. The molecule has 3 amide bonds. The number of aryl methyl sites for hydroxylation is 1. The minimum atomic E-state index is -0.247. The molecule has 0 bridgehead atoms. The molecule has 4 aliphatic heterocycles. The number of imide groups is 1. The van der Waals surface area contributed by atoms with E-state index in [0.29, 0.717) is 38.9 Å². The number of ketones is 1. The van der Waals surface area contributed by atoms with Crippen molar-refractivity contribution in [2.45, 2.75) is 95.8 Å². The number of amides is 3. The van der Waals surface area contributed by atoms with E-state index in [0.717, 1.165) is 88.0 Å². The lowest BCUT2D eigenvalue weighted by Gasteiger charge is -2.41. The summed E-state index contributed by atoms with van der Waals surface area (Å²) in [6, 6.07) is 12.3. The van der Waals surface area contributed by atoms with Gasteiger partial charge in [-0.2, -0.15) is 0 Å². The first kappa shape index (κ1) is 32.0. The molecule has 7 rings (SSSR count). The first-order valence-electron chi connectivity index (χ1n) is 17.7. The van der Waals surface area contributed by atoms with Crippen molar-refractivity contribution in [3.8, 4) is 5.75 Å². The van der Waals surface area contributed by atoms with Crippen LogP contribution >= 0.6 is 0 Å². The van der Waals surface area contributed by atoms with E-state index in [2.05, 4.69) is 40.2 Å². The van der Waals surface area contributed by atoms with Gasteiger partial charge in [0.05, 0.1) is 24.9 Å². The van der Waals surface area contributed by atoms with Gasteiger partial charge in [0.25, 0.3) is 0 Å². The third-order valence-electron chi connectivity index (χ3n) is 11.4. The van der Waals surface area contributed by atoms with Gasteiger partial charge in [0.15, 0.2) is 5.78 Å². The number of hydrogen-bond donors (Lipinski definition) is 1. The molecule has 0 radical (unpaired) electrons. The number of hydrogen-bond acceptors (Lipinski definition) is 7. The molecule has 2 aromatic rings. The van der Waals surface area contributed by atoms with Gasteiger partial charge in [-0.25, -0.2) is 0 Å². The van der Waals surface area contributed by atoms with E-state index in [1.165, 1.54) is 16.7 Å². The van der Waals surface area contributed by atoms with E-state index in [1.54, 1.807) is 0 Å². The van der Waals surface area contributed by atoms with Crippen LogP contribution in [-0.4, -0.2) is 72.1 Å². The third-order valence-corrected chi connectivity index (χ3v) is 11.4. The molecule has 2 aromatic carbocycles. The molecular formula is C38H47N3O6. The van der Waals surface area contributed by atoms with Crippen LogP contribution < -0.4 is 10.1 Å². The van der Waals surface area contributed by atoms with Crippen molar-refractivity contribution < 1.29 is 28.7 Å². The van der Waals surface area contributed by atoms with Gasteiger partial charge in [0.1, 0.15) is 5.75 Å². The monoisotopic (exact) mass is 641 g/mol. The van der Waals surface area contributed by atoms with Crippen molar-refractivity contribution in [2.75, 3.05) is 32.8 Å². The van der Waals surface area contributed by atoms with E-state index in [1.807, 2.05) is 18.2 Å². The molecule has 4 heterocycles. The van der Waals surface area contributed by atoms with Gasteiger partial charge in [-0.05, 0) is 94.9 Å². The normalized spacial score (nSPS) is 25.5. The Kier molecular flexibility index (Phi) is 9.20. The molecule has 1 spiro atoms. The van der Waals surface area contributed by atoms with Crippen LogP contribution in [0.2, 0.25) is 0 Å². The number of likely N-dealkylation sites (tertiary alicyclic amines) is 2. The van der Waals surface area contributed by atoms with Crippen molar-refractivity contribution >= 4 is 23.5 Å². The Morgan fingerprint density at radius 1 is 1.00 bits per heavy atom. The zero-order chi connectivity index (χ0) is 32.5. The number of ether oxygens (including phenoxy) is 2. The van der Waals surface area contributed by atoms with E-state index < -0.39 is 0 Å². The molecule has 3 atom stereocenters. The molecule has 250 valence electrons. The number of Topliss-reactive ketones (excluding diaryl/α,β-unsaturated/α-hetero) is 1. The smallest absolute Gasteiger partial charge is 0.239 e. The van der Waals surface area contributed by atoms with Crippen LogP contribution in [0.3, 0.4) is 0 Å². The average Bonchev–Trinajstić information content (AvgIpc) is 3.68. The van der Waals surface area contributed by atoms with Gasteiger partial charge in [-0.1, -0.05) is 35.9 Å².